The number of nitrogens with two attached hydrogens (primary N) is 1. The van der Waals surface area contributed by atoms with Gasteiger partial charge in [0.05, 0.1) is 0 Å². The first kappa shape index (κ1) is 23.5. The Morgan fingerprint density at radius 3 is 1.32 bits per heavy atom. The molecule has 0 spiro atoms. The molecule has 0 fully saturated rings. The summed E-state index contributed by atoms with van der Waals surface area (Å²) in [6.45, 7) is 0. The molecule has 0 radical (unpaired) electrons. The molecule has 4 aromatic rings. The predicted octanol–water partition coefficient (Wildman–Crippen LogP) is 3.99. The minimum Gasteiger partial charge on any atom is -0.363 e. The van der Waals surface area contributed by atoms with Crippen molar-refractivity contribution in [2.75, 3.05) is 0 Å². The number of nitrogens with one attached hydrogen (secondary N) is 1. The molecule has 34 heavy (non-hydrogen) atoms. The second-order valence-corrected chi connectivity index (χ2v) is 11.3. The molecule has 0 unspecified atom stereocenters. The van der Waals surface area contributed by atoms with E-state index in [0.29, 0.717) is 5.56 Å². The average Bonchev–Trinajstić information content (AvgIpc) is 2.89. The van der Waals surface area contributed by atoms with Gasteiger partial charge in [-0.25, -0.2) is 0 Å². The summed E-state index contributed by atoms with van der Waals surface area (Å²) < 4.78 is 0. The zero-order chi connectivity index (χ0) is 24.0. The molecule has 4 nitrogen and oxygen atoms in total. The first-order valence-electron chi connectivity index (χ1n) is 10.7. The quantitative estimate of drug-likeness (QED) is 0.211. The average molecular weight is 484 g/mol. The third-order valence-electron chi connectivity index (χ3n) is 5.49. The summed E-state index contributed by atoms with van der Waals surface area (Å²) in [5.74, 6) is -1.00. The molecule has 0 aromatic heterocycles. The van der Waals surface area contributed by atoms with E-state index in [1.165, 1.54) is 0 Å². The van der Waals surface area contributed by atoms with E-state index in [1.54, 1.807) is 24.3 Å². The Hall–Kier alpha value is -3.66. The Balaban J connectivity index is 2.04. The normalized spacial score (nSPS) is 11.9. The summed E-state index contributed by atoms with van der Waals surface area (Å²) >= 11 is 4.67. The molecule has 0 heterocycles. The van der Waals surface area contributed by atoms with E-state index >= 15 is 0 Å². The molecule has 0 aliphatic heterocycles. The highest BCUT2D eigenvalue weighted by Crippen LogP contribution is 2.63. The van der Waals surface area contributed by atoms with Gasteiger partial charge >= 0.3 is 0 Å². The molecule has 168 valence electrons. The number of benzene rings is 4. The fraction of sp³-hybridized carbons (Fsp3) is 0. The SMILES string of the molecule is NC(=O)/C(=C(/S)NC(=O)c1ccccc1)[P+](c1ccccc1)(c1ccccc1)c1ccccc1. The Morgan fingerprint density at radius 2 is 0.971 bits per heavy atom. The Labute approximate surface area is 205 Å². The van der Waals surface area contributed by atoms with Crippen LogP contribution in [0.5, 0.6) is 0 Å². The summed E-state index contributed by atoms with van der Waals surface area (Å²) in [7, 11) is -2.81. The molecule has 0 saturated carbocycles. The number of hydrogen-bond donors (Lipinski definition) is 3. The van der Waals surface area contributed by atoms with E-state index in [4.69, 9.17) is 5.73 Å². The van der Waals surface area contributed by atoms with Crippen LogP contribution in [-0.4, -0.2) is 11.8 Å². The molecule has 4 aromatic carbocycles. The summed E-state index contributed by atoms with van der Waals surface area (Å²) in [5.41, 5.74) is 6.54. The number of primary amides is 1. The highest BCUT2D eigenvalue weighted by Gasteiger charge is 2.53. The van der Waals surface area contributed by atoms with Crippen LogP contribution in [0.4, 0.5) is 0 Å². The van der Waals surface area contributed by atoms with Gasteiger partial charge in [-0.05, 0) is 48.5 Å². The molecular weight excluding hydrogens is 459 g/mol. The molecule has 0 bridgehead atoms. The van der Waals surface area contributed by atoms with Crippen LogP contribution in [0.25, 0.3) is 0 Å². The second kappa shape index (κ2) is 10.5. The summed E-state index contributed by atoms with van der Waals surface area (Å²) in [4.78, 5) is 26.2. The van der Waals surface area contributed by atoms with Crippen LogP contribution in [0.2, 0.25) is 0 Å². The number of carbonyl (C=O) groups is 2. The molecule has 2 amide bonds. The van der Waals surface area contributed by atoms with E-state index in [1.807, 2.05) is 97.1 Å². The number of rotatable bonds is 7. The molecule has 4 rings (SSSR count). The Kier molecular flexibility index (Phi) is 7.27. The molecular formula is C28H24N2O2PS+. The molecule has 0 aliphatic carbocycles. The van der Waals surface area contributed by atoms with Gasteiger partial charge in [-0.1, -0.05) is 72.8 Å². The van der Waals surface area contributed by atoms with Crippen molar-refractivity contribution in [2.24, 2.45) is 5.73 Å². The van der Waals surface area contributed by atoms with Crippen LogP contribution >= 0.6 is 19.9 Å². The van der Waals surface area contributed by atoms with Crippen LogP contribution in [0.1, 0.15) is 10.4 Å². The fourth-order valence-corrected chi connectivity index (χ4v) is 8.95. The van der Waals surface area contributed by atoms with Crippen molar-refractivity contribution in [3.63, 3.8) is 0 Å². The van der Waals surface area contributed by atoms with E-state index < -0.39 is 13.2 Å². The largest absolute Gasteiger partial charge is 0.363 e. The van der Waals surface area contributed by atoms with Crippen LogP contribution < -0.4 is 27.0 Å². The maximum Gasteiger partial charge on any atom is 0.287 e. The van der Waals surface area contributed by atoms with Gasteiger partial charge in [0.15, 0.2) is 7.26 Å². The summed E-state index contributed by atoms with van der Waals surface area (Å²) in [6.07, 6.45) is 0. The van der Waals surface area contributed by atoms with E-state index in [-0.39, 0.29) is 16.3 Å². The van der Waals surface area contributed by atoms with Crippen LogP contribution in [-0.2, 0) is 4.79 Å². The topological polar surface area (TPSA) is 72.2 Å². The first-order valence-corrected chi connectivity index (χ1v) is 12.9. The lowest BCUT2D eigenvalue weighted by Crippen LogP contribution is -2.38. The molecule has 3 N–H and O–H groups in total. The van der Waals surface area contributed by atoms with Crippen molar-refractivity contribution in [3.05, 3.63) is 137 Å². The van der Waals surface area contributed by atoms with Crippen molar-refractivity contribution < 1.29 is 9.59 Å². The van der Waals surface area contributed by atoms with Gasteiger partial charge in [-0.15, -0.1) is 12.6 Å². The first-order chi connectivity index (χ1) is 16.5. The van der Waals surface area contributed by atoms with Crippen molar-refractivity contribution in [1.82, 2.24) is 5.32 Å². The maximum absolute atomic E-state index is 13.2. The van der Waals surface area contributed by atoms with Crippen molar-refractivity contribution in [1.29, 1.82) is 0 Å². The van der Waals surface area contributed by atoms with E-state index in [0.717, 1.165) is 15.9 Å². The summed E-state index contributed by atoms with van der Waals surface area (Å²) in [5, 5.41) is 6.05. The van der Waals surface area contributed by atoms with Gasteiger partial charge in [0.25, 0.3) is 11.8 Å². The third-order valence-corrected chi connectivity index (χ3v) is 10.3. The third kappa shape index (κ3) is 4.54. The molecule has 6 heteroatoms. The minimum atomic E-state index is -2.81. The lowest BCUT2D eigenvalue weighted by atomic mass is 10.2. The lowest BCUT2D eigenvalue weighted by Gasteiger charge is -2.29. The van der Waals surface area contributed by atoms with Crippen molar-refractivity contribution >= 4 is 47.6 Å². The fourth-order valence-electron chi connectivity index (χ4n) is 4.06. The van der Waals surface area contributed by atoms with Gasteiger partial charge < -0.3 is 11.1 Å². The Bertz CT molecular complexity index is 1220. The van der Waals surface area contributed by atoms with E-state index in [2.05, 4.69) is 17.9 Å². The van der Waals surface area contributed by atoms with Crippen LogP contribution in [0.15, 0.2) is 132 Å². The molecule has 0 atom stereocenters. The van der Waals surface area contributed by atoms with Gasteiger partial charge in [-0.2, -0.15) is 0 Å². The number of amides is 2. The lowest BCUT2D eigenvalue weighted by molar-refractivity contribution is -0.114. The predicted molar refractivity (Wildman–Crippen MR) is 144 cm³/mol. The van der Waals surface area contributed by atoms with Crippen molar-refractivity contribution in [2.45, 2.75) is 0 Å². The summed E-state index contributed by atoms with van der Waals surface area (Å²) in [6, 6.07) is 38.2. The van der Waals surface area contributed by atoms with Crippen LogP contribution in [0, 0.1) is 0 Å². The smallest absolute Gasteiger partial charge is 0.287 e. The maximum atomic E-state index is 13.2. The highest BCUT2D eigenvalue weighted by molar-refractivity contribution is 8.00. The van der Waals surface area contributed by atoms with Gasteiger partial charge in [0.2, 0.25) is 5.31 Å². The standard InChI is InChI=1S/C28H23N2O2PS/c29-26(31)25(28(34)30-27(32)21-13-5-1-6-14-21)33(22-15-7-2-8-16-22,23-17-9-3-10-18-23)24-19-11-4-12-20-24/h1-20H,(H3-,29,30,31,32,34)/p+1. The molecule has 0 aliphatic rings. The monoisotopic (exact) mass is 483 g/mol. The zero-order valence-electron chi connectivity index (χ0n) is 18.3. The Morgan fingerprint density at radius 1 is 0.618 bits per heavy atom. The van der Waals surface area contributed by atoms with Gasteiger partial charge in [0.1, 0.15) is 20.9 Å². The highest BCUT2D eigenvalue weighted by atomic mass is 32.1. The number of carbonyl (C=O) groups excluding carboxylic acids is 2. The zero-order valence-corrected chi connectivity index (χ0v) is 20.1. The number of thiol groups is 1. The molecule has 0 saturated heterocycles. The minimum absolute atomic E-state index is 0.145. The van der Waals surface area contributed by atoms with Crippen LogP contribution in [0.3, 0.4) is 0 Å². The number of hydrogen-bond acceptors (Lipinski definition) is 3. The second-order valence-electron chi connectivity index (χ2n) is 7.56. The van der Waals surface area contributed by atoms with Crippen molar-refractivity contribution in [3.8, 4) is 0 Å². The van der Waals surface area contributed by atoms with Gasteiger partial charge in [-0.3, -0.25) is 9.59 Å². The van der Waals surface area contributed by atoms with Gasteiger partial charge in [0, 0.05) is 5.56 Å². The van der Waals surface area contributed by atoms with E-state index in [9.17, 15) is 9.59 Å².